The molecule has 0 aliphatic carbocycles. The molecule has 0 spiro atoms. The zero-order valence-electron chi connectivity index (χ0n) is 69.9. The second-order valence-corrected chi connectivity index (χ2v) is 35.1. The highest BCUT2D eigenvalue weighted by atomic mass is 31.2. The Morgan fingerprint density at radius 3 is 0.717 bits per heavy atom. The number of unbranched alkanes of at least 4 members (excludes halogenated alkanes) is 51. The monoisotopic (exact) mass is 1550 g/mol. The van der Waals surface area contributed by atoms with Crippen LogP contribution in [0.2, 0.25) is 0 Å². The fourth-order valence-corrected chi connectivity index (χ4v) is 15.1. The zero-order chi connectivity index (χ0) is 77.9. The number of hydrogen-bond acceptors (Lipinski definition) is 15. The van der Waals surface area contributed by atoms with Crippen molar-refractivity contribution in [1.82, 2.24) is 0 Å². The third kappa shape index (κ3) is 77.4. The lowest BCUT2D eigenvalue weighted by molar-refractivity contribution is -0.161. The minimum atomic E-state index is -4.97. The molecule has 0 saturated heterocycles. The molecule has 17 nitrogen and oxygen atoms in total. The zero-order valence-corrected chi connectivity index (χ0v) is 71.7. The summed E-state index contributed by atoms with van der Waals surface area (Å²) >= 11 is 0. The molecule has 0 heterocycles. The lowest BCUT2D eigenvalue weighted by Crippen LogP contribution is -2.30. The van der Waals surface area contributed by atoms with Crippen LogP contribution in [0, 0.1) is 17.8 Å². The first-order valence-corrected chi connectivity index (χ1v) is 47.9. The SMILES string of the molecule is CCCCCCCCCCCCCC(=O)OC[C@H](COP(=O)(O)OC[C@H](O)COP(=O)(O)OC[C@@H](COC(=O)CCCCCCCCCCCCCCCCCCCCC(C)CC)OC(=O)CCCCCCCCCCCCCCCCCCCCC(C)CC)OC(=O)CCCCCCCCCCC(C)C. The second-order valence-electron chi connectivity index (χ2n) is 32.2. The Morgan fingerprint density at radius 1 is 0.274 bits per heavy atom. The molecule has 4 unspecified atom stereocenters. The summed E-state index contributed by atoms with van der Waals surface area (Å²) in [6.45, 7) is 12.1. The number of esters is 4. The van der Waals surface area contributed by atoms with Crippen LogP contribution in [0.3, 0.4) is 0 Å². The Bertz CT molecular complexity index is 2050. The number of hydrogen-bond donors (Lipinski definition) is 3. The van der Waals surface area contributed by atoms with E-state index in [-0.39, 0.29) is 25.7 Å². The fraction of sp³-hybridized carbons (Fsp3) is 0.954. The summed E-state index contributed by atoms with van der Waals surface area (Å²) in [6, 6.07) is 0. The third-order valence-corrected chi connectivity index (χ3v) is 23.0. The van der Waals surface area contributed by atoms with Gasteiger partial charge in [-0.3, -0.25) is 37.3 Å². The molecule has 0 aromatic heterocycles. The Labute approximate surface area is 651 Å². The largest absolute Gasteiger partial charge is 0.472 e. The fourth-order valence-electron chi connectivity index (χ4n) is 13.5. The normalized spacial score (nSPS) is 14.4. The molecule has 0 fully saturated rings. The molecule has 0 aliphatic heterocycles. The Balaban J connectivity index is 5.19. The Hall–Kier alpha value is -1.94. The van der Waals surface area contributed by atoms with Crippen molar-refractivity contribution in [1.29, 1.82) is 0 Å². The summed E-state index contributed by atoms with van der Waals surface area (Å²) in [6.07, 6.45) is 68.1. The predicted octanol–water partition coefficient (Wildman–Crippen LogP) is 26.5. The van der Waals surface area contributed by atoms with Gasteiger partial charge >= 0.3 is 39.5 Å². The van der Waals surface area contributed by atoms with Crippen LogP contribution in [-0.4, -0.2) is 96.7 Å². The maximum absolute atomic E-state index is 13.2. The van der Waals surface area contributed by atoms with Crippen molar-refractivity contribution >= 4 is 39.5 Å². The van der Waals surface area contributed by atoms with Crippen molar-refractivity contribution in [2.75, 3.05) is 39.6 Å². The van der Waals surface area contributed by atoms with Gasteiger partial charge in [0.05, 0.1) is 26.4 Å². The molecule has 7 atom stereocenters. The molecule has 0 radical (unpaired) electrons. The highest BCUT2D eigenvalue weighted by Gasteiger charge is 2.31. The van der Waals surface area contributed by atoms with E-state index in [4.69, 9.17) is 37.0 Å². The first kappa shape index (κ1) is 104. The number of aliphatic hydroxyl groups is 1. The van der Waals surface area contributed by atoms with Crippen LogP contribution in [0.25, 0.3) is 0 Å². The topological polar surface area (TPSA) is 237 Å². The van der Waals surface area contributed by atoms with Gasteiger partial charge in [0.25, 0.3) is 0 Å². The molecule has 0 bridgehead atoms. The quantitative estimate of drug-likeness (QED) is 0.0222. The molecule has 0 aromatic rings. The van der Waals surface area contributed by atoms with Crippen molar-refractivity contribution in [2.24, 2.45) is 17.8 Å². The number of aliphatic hydroxyl groups excluding tert-OH is 1. The molecule has 0 amide bonds. The smallest absolute Gasteiger partial charge is 0.462 e. The number of rotatable bonds is 85. The summed E-state index contributed by atoms with van der Waals surface area (Å²) in [4.78, 5) is 73.2. The van der Waals surface area contributed by atoms with Gasteiger partial charge in [-0.2, -0.15) is 0 Å². The molecule has 0 saturated carbocycles. The van der Waals surface area contributed by atoms with Crippen LogP contribution in [0.5, 0.6) is 0 Å². The van der Waals surface area contributed by atoms with Gasteiger partial charge in [0.1, 0.15) is 19.3 Å². The van der Waals surface area contributed by atoms with Crippen LogP contribution in [0.15, 0.2) is 0 Å². The number of carbonyl (C=O) groups excluding carboxylic acids is 4. The van der Waals surface area contributed by atoms with Gasteiger partial charge in [-0.1, -0.05) is 408 Å². The van der Waals surface area contributed by atoms with Crippen LogP contribution >= 0.6 is 15.6 Å². The lowest BCUT2D eigenvalue weighted by Gasteiger charge is -2.21. The van der Waals surface area contributed by atoms with Crippen LogP contribution in [0.1, 0.15) is 459 Å². The average molecular weight is 1550 g/mol. The molecule has 3 N–H and O–H groups in total. The molecular weight excluding hydrogens is 1380 g/mol. The number of carbonyl (C=O) groups is 4. The number of phosphoric acid groups is 2. The van der Waals surface area contributed by atoms with E-state index in [1.165, 1.54) is 270 Å². The second kappa shape index (κ2) is 77.0. The summed E-state index contributed by atoms with van der Waals surface area (Å²) in [5, 5.41) is 10.7. The van der Waals surface area contributed by atoms with E-state index in [0.717, 1.165) is 108 Å². The summed E-state index contributed by atoms with van der Waals surface area (Å²) in [5.74, 6) is 0.357. The first-order chi connectivity index (χ1) is 51.3. The van der Waals surface area contributed by atoms with Crippen molar-refractivity contribution < 1.29 is 80.2 Å². The Morgan fingerprint density at radius 2 is 0.481 bits per heavy atom. The molecule has 19 heteroatoms. The average Bonchev–Trinajstić information content (AvgIpc) is 0.905. The van der Waals surface area contributed by atoms with E-state index in [1.807, 2.05) is 0 Å². The van der Waals surface area contributed by atoms with Gasteiger partial charge in [0.15, 0.2) is 12.2 Å². The van der Waals surface area contributed by atoms with Crippen LogP contribution in [-0.2, 0) is 65.4 Å². The molecule has 630 valence electrons. The van der Waals surface area contributed by atoms with E-state index in [2.05, 4.69) is 48.5 Å². The van der Waals surface area contributed by atoms with E-state index < -0.39 is 97.5 Å². The van der Waals surface area contributed by atoms with E-state index >= 15 is 0 Å². The van der Waals surface area contributed by atoms with E-state index in [1.54, 1.807) is 0 Å². The Kier molecular flexibility index (Phi) is 75.6. The van der Waals surface area contributed by atoms with Crippen molar-refractivity contribution in [3.8, 4) is 0 Å². The molecule has 0 rings (SSSR count). The molecular formula is C87H170O17P2. The van der Waals surface area contributed by atoms with E-state index in [9.17, 15) is 43.2 Å². The van der Waals surface area contributed by atoms with Gasteiger partial charge in [-0.15, -0.1) is 0 Å². The maximum atomic E-state index is 13.2. The standard InChI is InChI=1S/C87H170O17P2/c1-8-11-12-13-14-15-32-39-47-54-61-68-84(89)97-75-83(104-87(92)71-64-57-50-43-42-44-51-58-65-78(4)5)77-102-106(95,96)100-73-81(88)72-99-105(93,94)101-76-82(103-86(91)70-63-56-49-41-36-31-27-23-19-17-21-25-29-34-38-46-53-60-67-80(7)10-3)74-98-85(90)69-62-55-48-40-35-30-26-22-18-16-20-24-28-33-37-45-52-59-66-79(6)9-2/h78-83,88H,8-77H2,1-7H3,(H,93,94)(H,95,96)/t79?,80?,81-,82-,83-/m1/s1. The third-order valence-electron chi connectivity index (χ3n) is 21.1. The van der Waals surface area contributed by atoms with Crippen molar-refractivity contribution in [2.45, 2.75) is 478 Å². The number of phosphoric ester groups is 2. The maximum Gasteiger partial charge on any atom is 0.472 e. The first-order valence-electron chi connectivity index (χ1n) is 44.9. The minimum Gasteiger partial charge on any atom is -0.462 e. The molecule has 106 heavy (non-hydrogen) atoms. The van der Waals surface area contributed by atoms with Gasteiger partial charge < -0.3 is 33.8 Å². The van der Waals surface area contributed by atoms with Gasteiger partial charge in [-0.05, 0) is 43.4 Å². The van der Waals surface area contributed by atoms with Gasteiger partial charge in [-0.25, -0.2) is 9.13 Å². The van der Waals surface area contributed by atoms with Gasteiger partial charge in [0, 0.05) is 25.7 Å². The molecule has 0 aromatic carbocycles. The van der Waals surface area contributed by atoms with Crippen molar-refractivity contribution in [3.63, 3.8) is 0 Å². The number of ether oxygens (including phenoxy) is 4. The lowest BCUT2D eigenvalue weighted by atomic mass is 9.99. The van der Waals surface area contributed by atoms with Gasteiger partial charge in [0.2, 0.25) is 0 Å². The highest BCUT2D eigenvalue weighted by molar-refractivity contribution is 7.47. The summed E-state index contributed by atoms with van der Waals surface area (Å²) in [7, 11) is -9.93. The predicted molar refractivity (Wildman–Crippen MR) is 437 cm³/mol. The summed E-state index contributed by atoms with van der Waals surface area (Å²) in [5.41, 5.74) is 0. The van der Waals surface area contributed by atoms with E-state index in [0.29, 0.717) is 25.7 Å². The van der Waals surface area contributed by atoms with Crippen molar-refractivity contribution in [3.05, 3.63) is 0 Å². The van der Waals surface area contributed by atoms with Crippen LogP contribution in [0.4, 0.5) is 0 Å². The minimum absolute atomic E-state index is 0.105. The summed E-state index contributed by atoms with van der Waals surface area (Å²) < 4.78 is 68.8. The highest BCUT2D eigenvalue weighted by Crippen LogP contribution is 2.45. The molecule has 0 aliphatic rings. The van der Waals surface area contributed by atoms with Crippen LogP contribution < -0.4 is 0 Å².